The van der Waals surface area contributed by atoms with Crippen LogP contribution >= 0.6 is 11.8 Å². The molecule has 1 aromatic heterocycles. The van der Waals surface area contributed by atoms with Gasteiger partial charge in [0.1, 0.15) is 5.82 Å². The Morgan fingerprint density at radius 3 is 3.06 bits per heavy atom. The molecule has 1 aliphatic rings. The molecule has 94 valence electrons. The minimum atomic E-state index is 0.564. The maximum absolute atomic E-state index is 5.89. The van der Waals surface area contributed by atoms with Crippen molar-refractivity contribution in [2.24, 2.45) is 0 Å². The Hall–Kier alpha value is -0.900. The van der Waals surface area contributed by atoms with E-state index in [2.05, 4.69) is 29.0 Å². The van der Waals surface area contributed by atoms with Crippen LogP contribution in [-0.4, -0.2) is 22.0 Å². The van der Waals surface area contributed by atoms with Gasteiger partial charge in [0.2, 0.25) is 0 Å². The van der Waals surface area contributed by atoms with Crippen LogP contribution in [0.1, 0.15) is 31.7 Å². The van der Waals surface area contributed by atoms with Crippen molar-refractivity contribution in [1.29, 1.82) is 0 Å². The molecule has 1 aromatic rings. The van der Waals surface area contributed by atoms with Crippen molar-refractivity contribution in [2.75, 3.05) is 16.8 Å². The van der Waals surface area contributed by atoms with E-state index in [9.17, 15) is 0 Å². The van der Waals surface area contributed by atoms with E-state index in [0.717, 1.165) is 22.3 Å². The Morgan fingerprint density at radius 2 is 2.35 bits per heavy atom. The molecule has 0 radical (unpaired) electrons. The van der Waals surface area contributed by atoms with Crippen molar-refractivity contribution in [3.8, 4) is 0 Å². The van der Waals surface area contributed by atoms with E-state index < -0.39 is 0 Å². The van der Waals surface area contributed by atoms with Gasteiger partial charge in [-0.1, -0.05) is 6.92 Å². The topological polar surface area (TPSA) is 50.9 Å². The summed E-state index contributed by atoms with van der Waals surface area (Å²) in [7, 11) is 0. The zero-order valence-corrected chi connectivity index (χ0v) is 11.4. The van der Waals surface area contributed by atoms with Crippen molar-refractivity contribution in [2.45, 2.75) is 44.4 Å². The van der Waals surface area contributed by atoms with Gasteiger partial charge in [-0.15, -0.1) is 0 Å². The molecule has 1 fully saturated rings. The number of hydrogen-bond acceptors (Lipinski definition) is 4. The predicted molar refractivity (Wildman–Crippen MR) is 76.6 cm³/mol. The maximum atomic E-state index is 5.89. The summed E-state index contributed by atoms with van der Waals surface area (Å²) in [5.41, 5.74) is 7.75. The predicted octanol–water partition coefficient (Wildman–Crippen LogP) is 3.06. The van der Waals surface area contributed by atoms with Crippen LogP contribution in [0.3, 0.4) is 0 Å². The lowest BCUT2D eigenvalue weighted by Crippen LogP contribution is -2.17. The van der Waals surface area contributed by atoms with Crippen LogP contribution < -0.4 is 11.1 Å². The molecule has 2 rings (SSSR count). The number of rotatable bonds is 4. The van der Waals surface area contributed by atoms with Crippen molar-refractivity contribution in [1.82, 2.24) is 4.98 Å². The Balaban J connectivity index is 1.91. The third-order valence-corrected chi connectivity index (χ3v) is 4.52. The maximum Gasteiger partial charge on any atom is 0.128 e. The number of nitrogen functional groups attached to an aromatic ring is 1. The van der Waals surface area contributed by atoms with E-state index in [4.69, 9.17) is 5.73 Å². The van der Waals surface area contributed by atoms with Gasteiger partial charge in [-0.05, 0) is 37.5 Å². The van der Waals surface area contributed by atoms with Crippen molar-refractivity contribution >= 4 is 23.3 Å². The van der Waals surface area contributed by atoms with Crippen LogP contribution in [-0.2, 0) is 0 Å². The number of aryl methyl sites for hydroxylation is 1. The second-order valence-corrected chi connectivity index (χ2v) is 6.24. The fraction of sp³-hybridized carbons (Fsp3) is 0.615. The first-order valence-electron chi connectivity index (χ1n) is 6.29. The quantitative estimate of drug-likeness (QED) is 0.863. The normalized spacial score (nSPS) is 23.9. The van der Waals surface area contributed by atoms with E-state index in [1.165, 1.54) is 25.0 Å². The summed E-state index contributed by atoms with van der Waals surface area (Å²) in [6.45, 7) is 4.21. The van der Waals surface area contributed by atoms with Gasteiger partial charge < -0.3 is 11.1 Å². The van der Waals surface area contributed by atoms with Crippen LogP contribution in [0.15, 0.2) is 12.3 Å². The number of aromatic nitrogens is 1. The zero-order chi connectivity index (χ0) is 12.3. The molecule has 2 unspecified atom stereocenters. The first-order valence-corrected chi connectivity index (χ1v) is 7.34. The van der Waals surface area contributed by atoms with Gasteiger partial charge in [-0.3, -0.25) is 0 Å². The van der Waals surface area contributed by atoms with Gasteiger partial charge in [-0.25, -0.2) is 4.98 Å². The molecule has 17 heavy (non-hydrogen) atoms. The van der Waals surface area contributed by atoms with Crippen molar-refractivity contribution in [3.05, 3.63) is 17.8 Å². The highest BCUT2D eigenvalue weighted by atomic mass is 32.2. The fourth-order valence-corrected chi connectivity index (χ4v) is 3.43. The van der Waals surface area contributed by atoms with E-state index in [1.807, 2.05) is 19.2 Å². The smallest absolute Gasteiger partial charge is 0.128 e. The second-order valence-electron chi connectivity index (χ2n) is 4.66. The number of thioether (sulfide) groups is 1. The summed E-state index contributed by atoms with van der Waals surface area (Å²) in [6.07, 6.45) is 5.64. The first kappa shape index (κ1) is 12.6. The highest BCUT2D eigenvalue weighted by molar-refractivity contribution is 7.99. The number of nitrogens with two attached hydrogens (primary N) is 1. The summed E-state index contributed by atoms with van der Waals surface area (Å²) in [5, 5.41) is 4.31. The SMILES string of the molecule is CCSC1CCC(Nc2cc(N)c(C)cn2)C1. The Morgan fingerprint density at radius 1 is 1.53 bits per heavy atom. The zero-order valence-electron chi connectivity index (χ0n) is 10.6. The second kappa shape index (κ2) is 5.63. The van der Waals surface area contributed by atoms with Crippen LogP contribution in [0.25, 0.3) is 0 Å². The van der Waals surface area contributed by atoms with Crippen molar-refractivity contribution in [3.63, 3.8) is 0 Å². The van der Waals surface area contributed by atoms with Gasteiger partial charge in [0.15, 0.2) is 0 Å². The number of pyridine rings is 1. The molecule has 1 heterocycles. The lowest BCUT2D eigenvalue weighted by atomic mass is 10.2. The highest BCUT2D eigenvalue weighted by Crippen LogP contribution is 2.31. The number of anilines is 2. The minimum absolute atomic E-state index is 0.564. The molecule has 3 N–H and O–H groups in total. The van der Waals surface area contributed by atoms with Gasteiger partial charge >= 0.3 is 0 Å². The molecular formula is C13H21N3S. The Kier molecular flexibility index (Phi) is 4.15. The molecule has 4 heteroatoms. The summed E-state index contributed by atoms with van der Waals surface area (Å²) in [5.74, 6) is 2.13. The molecule has 0 spiro atoms. The van der Waals surface area contributed by atoms with Crippen LogP contribution in [0.4, 0.5) is 11.5 Å². The number of hydrogen-bond donors (Lipinski definition) is 2. The highest BCUT2D eigenvalue weighted by Gasteiger charge is 2.24. The summed E-state index contributed by atoms with van der Waals surface area (Å²) in [4.78, 5) is 4.38. The first-order chi connectivity index (χ1) is 8.19. The largest absolute Gasteiger partial charge is 0.398 e. The molecule has 1 saturated carbocycles. The number of nitrogens with one attached hydrogen (secondary N) is 1. The average molecular weight is 251 g/mol. The molecule has 0 amide bonds. The lowest BCUT2D eigenvalue weighted by molar-refractivity contribution is 0.752. The van der Waals surface area contributed by atoms with Crippen LogP contribution in [0, 0.1) is 6.92 Å². The Bertz CT molecular complexity index is 381. The summed E-state index contributed by atoms with van der Waals surface area (Å²) >= 11 is 2.07. The lowest BCUT2D eigenvalue weighted by Gasteiger charge is -2.14. The van der Waals surface area contributed by atoms with E-state index in [1.54, 1.807) is 0 Å². The van der Waals surface area contributed by atoms with E-state index >= 15 is 0 Å². The van der Waals surface area contributed by atoms with Gasteiger partial charge in [0.05, 0.1) is 0 Å². The molecule has 1 aliphatic carbocycles. The van der Waals surface area contributed by atoms with Gasteiger partial charge in [-0.2, -0.15) is 11.8 Å². The van der Waals surface area contributed by atoms with Gasteiger partial charge in [0, 0.05) is 29.2 Å². The monoisotopic (exact) mass is 251 g/mol. The Labute approximate surface area is 108 Å². The standard InChI is InChI=1S/C13H21N3S/c1-3-17-11-5-4-10(6-11)16-13-7-12(14)9(2)8-15-13/h7-8,10-11H,3-6H2,1-2H3,(H3,14,15,16). The third-order valence-electron chi connectivity index (χ3n) is 3.28. The summed E-state index contributed by atoms with van der Waals surface area (Å²) in [6, 6.07) is 2.50. The van der Waals surface area contributed by atoms with Crippen LogP contribution in [0.2, 0.25) is 0 Å². The average Bonchev–Trinajstić information content (AvgIpc) is 2.72. The summed E-state index contributed by atoms with van der Waals surface area (Å²) < 4.78 is 0. The molecular weight excluding hydrogens is 230 g/mol. The van der Waals surface area contributed by atoms with E-state index in [0.29, 0.717) is 6.04 Å². The molecule has 0 bridgehead atoms. The molecule has 3 nitrogen and oxygen atoms in total. The fourth-order valence-electron chi connectivity index (χ4n) is 2.29. The number of nitrogens with zero attached hydrogens (tertiary/aromatic N) is 1. The van der Waals surface area contributed by atoms with Crippen molar-refractivity contribution < 1.29 is 0 Å². The molecule has 2 atom stereocenters. The van der Waals surface area contributed by atoms with Crippen LogP contribution in [0.5, 0.6) is 0 Å². The van der Waals surface area contributed by atoms with Gasteiger partial charge in [0.25, 0.3) is 0 Å². The third kappa shape index (κ3) is 3.28. The molecule has 0 aromatic carbocycles. The molecule has 0 aliphatic heterocycles. The minimum Gasteiger partial charge on any atom is -0.398 e. The molecule has 0 saturated heterocycles. The van der Waals surface area contributed by atoms with E-state index in [-0.39, 0.29) is 0 Å².